The van der Waals surface area contributed by atoms with Crippen molar-refractivity contribution >= 4 is 0 Å². The van der Waals surface area contributed by atoms with Gasteiger partial charge in [-0.1, -0.05) is 85.0 Å². The molecule has 0 aromatic heterocycles. The summed E-state index contributed by atoms with van der Waals surface area (Å²) in [5.41, 5.74) is 2.59. The molecule has 3 rings (SSSR count). The van der Waals surface area contributed by atoms with E-state index >= 15 is 0 Å². The molecule has 28 heavy (non-hydrogen) atoms. The first kappa shape index (κ1) is 20.3. The second-order valence-corrected chi connectivity index (χ2v) is 7.66. The Hall–Kier alpha value is -2.42. The van der Waals surface area contributed by atoms with Gasteiger partial charge in [-0.25, -0.2) is 0 Å². The molecule has 2 nitrogen and oxygen atoms in total. The Morgan fingerprint density at radius 1 is 0.679 bits per heavy atom. The summed E-state index contributed by atoms with van der Waals surface area (Å²) in [6.07, 6.45) is 8.63. The zero-order valence-electron chi connectivity index (χ0n) is 17.0. The lowest BCUT2D eigenvalue weighted by Gasteiger charge is -2.42. The molecule has 0 saturated carbocycles. The molecule has 146 valence electrons. The molecule has 2 aromatic carbocycles. The van der Waals surface area contributed by atoms with Gasteiger partial charge >= 0.3 is 0 Å². The minimum Gasteiger partial charge on any atom is -0.305 e. The van der Waals surface area contributed by atoms with E-state index in [0.29, 0.717) is 0 Å². The van der Waals surface area contributed by atoms with Crippen molar-refractivity contribution < 1.29 is 0 Å². The van der Waals surface area contributed by atoms with E-state index in [4.69, 9.17) is 0 Å². The second-order valence-electron chi connectivity index (χ2n) is 7.66. The quantitative estimate of drug-likeness (QED) is 0.589. The molecule has 2 aromatic rings. The molecule has 0 aliphatic heterocycles. The number of rotatable bonds is 8. The fourth-order valence-electron chi connectivity index (χ4n) is 4.11. The molecule has 1 aliphatic carbocycles. The van der Waals surface area contributed by atoms with Crippen LogP contribution in [-0.2, 0) is 0 Å². The van der Waals surface area contributed by atoms with Gasteiger partial charge in [0.05, 0.1) is 0 Å². The molecule has 0 saturated heterocycles. The predicted molar refractivity (Wildman–Crippen MR) is 120 cm³/mol. The van der Waals surface area contributed by atoms with E-state index in [9.17, 15) is 0 Å². The van der Waals surface area contributed by atoms with Crippen LogP contribution in [0.2, 0.25) is 0 Å². The third-order valence-electron chi connectivity index (χ3n) is 5.80. The fourth-order valence-corrected chi connectivity index (χ4v) is 4.11. The Kier molecular flexibility index (Phi) is 7.02. The summed E-state index contributed by atoms with van der Waals surface area (Å²) in [6.45, 7) is 12.6. The molecular weight excluding hydrogens is 340 g/mol. The van der Waals surface area contributed by atoms with Crippen molar-refractivity contribution in [1.82, 2.24) is 10.6 Å². The van der Waals surface area contributed by atoms with Crippen LogP contribution >= 0.6 is 0 Å². The predicted octanol–water partition coefficient (Wildman–Crippen LogP) is 5.60. The van der Waals surface area contributed by atoms with Gasteiger partial charge in [0.15, 0.2) is 0 Å². The lowest BCUT2D eigenvalue weighted by Crippen LogP contribution is -2.56. The Bertz CT molecular complexity index is 713. The van der Waals surface area contributed by atoms with E-state index in [1.807, 2.05) is 12.2 Å². The maximum absolute atomic E-state index is 4.09. The van der Waals surface area contributed by atoms with Gasteiger partial charge in [0.1, 0.15) is 0 Å². The summed E-state index contributed by atoms with van der Waals surface area (Å²) in [5, 5.41) is 7.75. The van der Waals surface area contributed by atoms with E-state index in [2.05, 4.69) is 110 Å². The fraction of sp³-hybridized carbons (Fsp3) is 0.308. The maximum atomic E-state index is 4.09. The molecule has 0 heterocycles. The van der Waals surface area contributed by atoms with Crippen molar-refractivity contribution in [3.05, 3.63) is 109 Å². The topological polar surface area (TPSA) is 24.1 Å². The van der Waals surface area contributed by atoms with Crippen LogP contribution in [0.5, 0.6) is 0 Å². The molecule has 0 amide bonds. The minimum absolute atomic E-state index is 0.229. The summed E-state index contributed by atoms with van der Waals surface area (Å²) < 4.78 is 0. The standard InChI is InChI=1S/C26H32N2/c1-5-21-17-18-22(6-2)26(28-20(4)24-15-11-8-12-16-24)25(21)27-19(3)23-13-9-7-10-14-23/h5-22,25-28H,1-2H2,3-4H3/t19-,20-,21-,22+,25+,26+/m0/s1. The Morgan fingerprint density at radius 2 is 1.04 bits per heavy atom. The number of benzene rings is 2. The molecule has 0 unspecified atom stereocenters. The van der Waals surface area contributed by atoms with Crippen molar-refractivity contribution in [2.45, 2.75) is 38.0 Å². The van der Waals surface area contributed by atoms with E-state index in [1.54, 1.807) is 0 Å². The minimum atomic E-state index is 0.229. The highest BCUT2D eigenvalue weighted by Crippen LogP contribution is 2.29. The first-order chi connectivity index (χ1) is 13.6. The van der Waals surface area contributed by atoms with Gasteiger partial charge in [0.25, 0.3) is 0 Å². The van der Waals surface area contributed by atoms with Gasteiger partial charge in [0, 0.05) is 36.0 Å². The molecule has 6 atom stereocenters. The molecular formula is C26H32N2. The summed E-state index contributed by atoms with van der Waals surface area (Å²) in [6, 6.07) is 22.2. The van der Waals surface area contributed by atoms with Crippen LogP contribution in [-0.4, -0.2) is 12.1 Å². The molecule has 0 fully saturated rings. The van der Waals surface area contributed by atoms with E-state index in [-0.39, 0.29) is 36.0 Å². The monoisotopic (exact) mass is 372 g/mol. The van der Waals surface area contributed by atoms with Crippen LogP contribution in [0, 0.1) is 11.8 Å². The summed E-state index contributed by atoms with van der Waals surface area (Å²) in [4.78, 5) is 0. The van der Waals surface area contributed by atoms with E-state index in [1.165, 1.54) is 11.1 Å². The van der Waals surface area contributed by atoms with Crippen molar-refractivity contribution in [3.8, 4) is 0 Å². The smallest absolute Gasteiger partial charge is 0.0333 e. The summed E-state index contributed by atoms with van der Waals surface area (Å²) in [5.74, 6) is 0.533. The van der Waals surface area contributed by atoms with Gasteiger partial charge < -0.3 is 10.6 Å². The van der Waals surface area contributed by atoms with Crippen LogP contribution < -0.4 is 10.6 Å². The summed E-state index contributed by atoms with van der Waals surface area (Å²) >= 11 is 0. The van der Waals surface area contributed by atoms with Gasteiger partial charge in [-0.15, -0.1) is 13.2 Å². The zero-order chi connectivity index (χ0) is 19.9. The molecule has 1 aliphatic rings. The highest BCUT2D eigenvalue weighted by Gasteiger charge is 2.35. The van der Waals surface area contributed by atoms with Crippen LogP contribution in [0.4, 0.5) is 0 Å². The maximum Gasteiger partial charge on any atom is 0.0333 e. The van der Waals surface area contributed by atoms with Crippen LogP contribution in [0.1, 0.15) is 37.1 Å². The van der Waals surface area contributed by atoms with Crippen LogP contribution in [0.3, 0.4) is 0 Å². The second kappa shape index (κ2) is 9.68. The highest BCUT2D eigenvalue weighted by atomic mass is 15.1. The van der Waals surface area contributed by atoms with Crippen LogP contribution in [0.25, 0.3) is 0 Å². The number of hydrogen-bond donors (Lipinski definition) is 2. The van der Waals surface area contributed by atoms with Crippen molar-refractivity contribution in [2.75, 3.05) is 0 Å². The Balaban J connectivity index is 1.84. The average molecular weight is 373 g/mol. The Labute approximate surface area is 170 Å². The third-order valence-corrected chi connectivity index (χ3v) is 5.80. The van der Waals surface area contributed by atoms with Crippen LogP contribution in [0.15, 0.2) is 98.1 Å². The number of hydrogen-bond acceptors (Lipinski definition) is 2. The average Bonchev–Trinajstić information content (AvgIpc) is 2.75. The van der Waals surface area contributed by atoms with E-state index in [0.717, 1.165) is 0 Å². The molecule has 0 spiro atoms. The molecule has 2 heteroatoms. The lowest BCUT2D eigenvalue weighted by molar-refractivity contribution is 0.256. The summed E-state index contributed by atoms with van der Waals surface area (Å²) in [7, 11) is 0. The first-order valence-electron chi connectivity index (χ1n) is 10.2. The molecule has 0 radical (unpaired) electrons. The van der Waals surface area contributed by atoms with Gasteiger partial charge in [-0.3, -0.25) is 0 Å². The van der Waals surface area contributed by atoms with Gasteiger partial charge in [-0.05, 0) is 25.0 Å². The third kappa shape index (κ3) is 4.70. The lowest BCUT2D eigenvalue weighted by atomic mass is 9.78. The van der Waals surface area contributed by atoms with E-state index < -0.39 is 0 Å². The van der Waals surface area contributed by atoms with Gasteiger partial charge in [0.2, 0.25) is 0 Å². The van der Waals surface area contributed by atoms with Gasteiger partial charge in [-0.2, -0.15) is 0 Å². The van der Waals surface area contributed by atoms with Crippen molar-refractivity contribution in [1.29, 1.82) is 0 Å². The number of nitrogens with one attached hydrogen (secondary N) is 2. The highest BCUT2D eigenvalue weighted by molar-refractivity contribution is 5.24. The normalized spacial score (nSPS) is 26.4. The molecule has 0 bridgehead atoms. The van der Waals surface area contributed by atoms with Crippen molar-refractivity contribution in [2.24, 2.45) is 11.8 Å². The Morgan fingerprint density at radius 3 is 1.36 bits per heavy atom. The van der Waals surface area contributed by atoms with Crippen molar-refractivity contribution in [3.63, 3.8) is 0 Å². The SMILES string of the molecule is C=C[C@@H]1C=C[C@H](C=C)[C@@H](N[C@@H](C)c2ccccc2)[C@@H]1N[C@@H](C)c1ccccc1. The largest absolute Gasteiger partial charge is 0.305 e. The first-order valence-corrected chi connectivity index (χ1v) is 10.2. The zero-order valence-corrected chi connectivity index (χ0v) is 17.0. The molecule has 2 N–H and O–H groups in total.